The van der Waals surface area contributed by atoms with Crippen LogP contribution < -0.4 is 4.90 Å². The van der Waals surface area contributed by atoms with Gasteiger partial charge >= 0.3 is 0 Å². The average Bonchev–Trinajstić information content (AvgIpc) is 3.22. The van der Waals surface area contributed by atoms with Crippen LogP contribution in [-0.2, 0) is 4.79 Å². The molecule has 4 nitrogen and oxygen atoms in total. The van der Waals surface area contributed by atoms with Crippen LogP contribution in [0.25, 0.3) is 0 Å². The molecule has 2 aliphatic heterocycles. The van der Waals surface area contributed by atoms with Crippen molar-refractivity contribution in [3.63, 3.8) is 0 Å². The number of rotatable bonds is 4. The van der Waals surface area contributed by atoms with Gasteiger partial charge in [0.15, 0.2) is 0 Å². The maximum Gasteiger partial charge on any atom is 0.222 e. The van der Waals surface area contributed by atoms with Crippen molar-refractivity contribution in [2.75, 3.05) is 44.2 Å². The van der Waals surface area contributed by atoms with Gasteiger partial charge in [-0.3, -0.25) is 9.69 Å². The summed E-state index contributed by atoms with van der Waals surface area (Å²) in [5.41, 5.74) is 2.75. The lowest BCUT2D eigenvalue weighted by Gasteiger charge is -2.44. The van der Waals surface area contributed by atoms with E-state index >= 15 is 0 Å². The van der Waals surface area contributed by atoms with Crippen LogP contribution in [0.1, 0.15) is 50.5 Å². The molecule has 1 saturated carbocycles. The fraction of sp³-hybridized carbons (Fsp3) is 0.696. The Morgan fingerprint density at radius 2 is 1.70 bits per heavy atom. The lowest BCUT2D eigenvalue weighted by atomic mass is 9.99. The van der Waals surface area contributed by atoms with Gasteiger partial charge < -0.3 is 9.80 Å². The molecule has 2 saturated heterocycles. The number of piperazine rings is 1. The van der Waals surface area contributed by atoms with E-state index in [4.69, 9.17) is 0 Å². The van der Waals surface area contributed by atoms with Gasteiger partial charge in [0.1, 0.15) is 0 Å². The van der Waals surface area contributed by atoms with Gasteiger partial charge in [-0.1, -0.05) is 31.0 Å². The predicted molar refractivity (Wildman–Crippen MR) is 111 cm³/mol. The molecule has 0 spiro atoms. The normalized spacial score (nSPS) is 25.1. The molecule has 3 aliphatic rings. The van der Waals surface area contributed by atoms with E-state index in [2.05, 4.69) is 45.9 Å². The monoisotopic (exact) mass is 369 g/mol. The minimum absolute atomic E-state index is 0.421. The largest absolute Gasteiger partial charge is 0.369 e. The highest BCUT2D eigenvalue weighted by Gasteiger charge is 2.31. The second kappa shape index (κ2) is 8.64. The molecule has 0 bridgehead atoms. The average molecular weight is 370 g/mol. The van der Waals surface area contributed by atoms with E-state index in [0.29, 0.717) is 17.9 Å². The van der Waals surface area contributed by atoms with Crippen molar-refractivity contribution in [3.8, 4) is 0 Å². The lowest BCUT2D eigenvalue weighted by Crippen LogP contribution is -2.56. The van der Waals surface area contributed by atoms with Crippen molar-refractivity contribution in [1.29, 1.82) is 0 Å². The summed E-state index contributed by atoms with van der Waals surface area (Å²) in [6, 6.07) is 9.27. The number of para-hydroxylation sites is 1. The standard InChI is InChI=1S/C23H35N3O/c1-19-7-2-5-11-22(19)25-15-13-24(14-16-25)21-10-6-12-26(18-21)23(27)17-20-8-3-4-9-20/h2,5,7,11,20-21H,3-4,6,8-10,12-18H2,1H3/t21-/m1/s1. The summed E-state index contributed by atoms with van der Waals surface area (Å²) in [5, 5.41) is 0. The highest BCUT2D eigenvalue weighted by molar-refractivity contribution is 5.76. The number of benzene rings is 1. The SMILES string of the molecule is Cc1ccccc1N1CCN([C@@H]2CCCN(C(=O)CC3CCCC3)C2)CC1. The van der Waals surface area contributed by atoms with Crippen LogP contribution in [-0.4, -0.2) is 61.0 Å². The van der Waals surface area contributed by atoms with Crippen molar-refractivity contribution in [3.05, 3.63) is 29.8 Å². The van der Waals surface area contributed by atoms with Crippen LogP contribution in [0.2, 0.25) is 0 Å². The zero-order valence-corrected chi connectivity index (χ0v) is 16.9. The molecule has 0 N–H and O–H groups in total. The Morgan fingerprint density at radius 3 is 2.44 bits per heavy atom. The number of anilines is 1. The molecular weight excluding hydrogens is 334 g/mol. The molecule has 4 rings (SSSR count). The summed E-state index contributed by atoms with van der Waals surface area (Å²) >= 11 is 0. The number of likely N-dealkylation sites (tertiary alicyclic amines) is 1. The Bertz CT molecular complexity index is 632. The Labute approximate surface area is 164 Å². The van der Waals surface area contributed by atoms with Crippen molar-refractivity contribution < 1.29 is 4.79 Å². The highest BCUT2D eigenvalue weighted by atomic mass is 16.2. The topological polar surface area (TPSA) is 26.8 Å². The number of carbonyl (C=O) groups is 1. The Balaban J connectivity index is 1.29. The van der Waals surface area contributed by atoms with Gasteiger partial charge in [0.2, 0.25) is 5.91 Å². The molecule has 1 atom stereocenters. The molecule has 27 heavy (non-hydrogen) atoms. The number of nitrogens with zero attached hydrogens (tertiary/aromatic N) is 3. The summed E-state index contributed by atoms with van der Waals surface area (Å²) in [6.07, 6.45) is 8.40. The third-order valence-electron chi connectivity index (χ3n) is 6.97. The molecule has 1 aliphatic carbocycles. The number of piperidine rings is 1. The van der Waals surface area contributed by atoms with E-state index < -0.39 is 0 Å². The molecule has 0 unspecified atom stereocenters. The second-order valence-electron chi connectivity index (χ2n) is 8.80. The molecule has 3 fully saturated rings. The molecule has 4 heteroatoms. The second-order valence-corrected chi connectivity index (χ2v) is 8.80. The minimum atomic E-state index is 0.421. The van der Waals surface area contributed by atoms with Crippen LogP contribution in [0.4, 0.5) is 5.69 Å². The van der Waals surface area contributed by atoms with Gasteiger partial charge in [-0.05, 0) is 50.2 Å². The zero-order valence-electron chi connectivity index (χ0n) is 16.9. The first-order valence-electron chi connectivity index (χ1n) is 11.0. The fourth-order valence-electron chi connectivity index (χ4n) is 5.32. The van der Waals surface area contributed by atoms with E-state index in [0.717, 1.165) is 45.7 Å². The quantitative estimate of drug-likeness (QED) is 0.810. The number of aryl methyl sites for hydroxylation is 1. The number of carbonyl (C=O) groups excluding carboxylic acids is 1. The van der Waals surface area contributed by atoms with E-state index in [9.17, 15) is 4.79 Å². The summed E-state index contributed by atoms with van der Waals surface area (Å²) in [7, 11) is 0. The van der Waals surface area contributed by atoms with Crippen molar-refractivity contribution in [1.82, 2.24) is 9.80 Å². The lowest BCUT2D eigenvalue weighted by molar-refractivity contribution is -0.134. The molecule has 148 valence electrons. The summed E-state index contributed by atoms with van der Waals surface area (Å²) in [6.45, 7) is 8.56. The van der Waals surface area contributed by atoms with E-state index in [-0.39, 0.29) is 0 Å². The summed E-state index contributed by atoms with van der Waals surface area (Å²) < 4.78 is 0. The van der Waals surface area contributed by atoms with Gasteiger partial charge in [-0.2, -0.15) is 0 Å². The van der Waals surface area contributed by atoms with Crippen molar-refractivity contribution in [2.24, 2.45) is 5.92 Å². The highest BCUT2D eigenvalue weighted by Crippen LogP contribution is 2.29. The third-order valence-corrected chi connectivity index (χ3v) is 6.97. The fourth-order valence-corrected chi connectivity index (χ4v) is 5.32. The van der Waals surface area contributed by atoms with Crippen LogP contribution in [0.15, 0.2) is 24.3 Å². The zero-order chi connectivity index (χ0) is 18.6. The van der Waals surface area contributed by atoms with Crippen molar-refractivity contribution >= 4 is 11.6 Å². The van der Waals surface area contributed by atoms with Gasteiger partial charge in [0, 0.05) is 57.4 Å². The maximum atomic E-state index is 12.8. The molecule has 2 heterocycles. The molecular formula is C23H35N3O. The van der Waals surface area contributed by atoms with Crippen molar-refractivity contribution in [2.45, 2.75) is 57.9 Å². The Kier molecular flexibility index (Phi) is 6.01. The maximum absolute atomic E-state index is 12.8. The smallest absolute Gasteiger partial charge is 0.222 e. The first-order valence-corrected chi connectivity index (χ1v) is 11.0. The van der Waals surface area contributed by atoms with Gasteiger partial charge in [-0.25, -0.2) is 0 Å². The molecule has 0 radical (unpaired) electrons. The molecule has 0 aromatic heterocycles. The summed E-state index contributed by atoms with van der Waals surface area (Å²) in [4.78, 5) is 20.1. The molecule has 1 amide bonds. The third kappa shape index (κ3) is 4.48. The van der Waals surface area contributed by atoms with Crippen LogP contribution in [0.5, 0.6) is 0 Å². The molecule has 1 aromatic rings. The number of hydrogen-bond acceptors (Lipinski definition) is 3. The Morgan fingerprint density at radius 1 is 0.963 bits per heavy atom. The van der Waals surface area contributed by atoms with Gasteiger partial charge in [0.25, 0.3) is 0 Å². The summed E-state index contributed by atoms with van der Waals surface area (Å²) in [5.74, 6) is 1.08. The van der Waals surface area contributed by atoms with E-state index in [1.165, 1.54) is 49.8 Å². The minimum Gasteiger partial charge on any atom is -0.369 e. The van der Waals surface area contributed by atoms with Gasteiger partial charge in [-0.15, -0.1) is 0 Å². The van der Waals surface area contributed by atoms with Crippen LogP contribution >= 0.6 is 0 Å². The first kappa shape index (κ1) is 18.8. The number of hydrogen-bond donors (Lipinski definition) is 0. The Hall–Kier alpha value is -1.55. The first-order chi connectivity index (χ1) is 13.2. The van der Waals surface area contributed by atoms with Crippen LogP contribution in [0, 0.1) is 12.8 Å². The van der Waals surface area contributed by atoms with E-state index in [1.54, 1.807) is 0 Å². The van der Waals surface area contributed by atoms with Crippen LogP contribution in [0.3, 0.4) is 0 Å². The number of amides is 1. The molecule has 1 aromatic carbocycles. The van der Waals surface area contributed by atoms with E-state index in [1.807, 2.05) is 0 Å². The predicted octanol–water partition coefficient (Wildman–Crippen LogP) is 3.69. The van der Waals surface area contributed by atoms with Gasteiger partial charge in [0.05, 0.1) is 0 Å².